The summed E-state index contributed by atoms with van der Waals surface area (Å²) in [6.07, 6.45) is 9.59. The highest BCUT2D eigenvalue weighted by molar-refractivity contribution is 6.02. The van der Waals surface area contributed by atoms with Crippen LogP contribution in [0, 0.1) is 5.41 Å². The minimum Gasteiger partial charge on any atom is -0.370 e. The number of carbonyl (C=O) groups is 1. The zero-order valence-electron chi connectivity index (χ0n) is 11.6. The number of nitrogens with two attached hydrogens (primary N) is 1. The van der Waals surface area contributed by atoms with Crippen molar-refractivity contribution in [1.29, 1.82) is 5.41 Å². The first-order valence-electron chi connectivity index (χ1n) is 7.09. The molecular formula is C16H21N3O. The molecule has 0 radical (unpaired) electrons. The van der Waals surface area contributed by atoms with Gasteiger partial charge in [0.15, 0.2) is 5.96 Å². The zero-order valence-corrected chi connectivity index (χ0v) is 11.6. The Kier molecular flexibility index (Phi) is 4.93. The van der Waals surface area contributed by atoms with E-state index in [1.165, 1.54) is 43.7 Å². The molecule has 0 bridgehead atoms. The quantitative estimate of drug-likeness (QED) is 0.449. The van der Waals surface area contributed by atoms with Crippen LogP contribution in [0.1, 0.15) is 49.1 Å². The van der Waals surface area contributed by atoms with Gasteiger partial charge in [0.25, 0.3) is 5.91 Å². The highest BCUT2D eigenvalue weighted by Gasteiger charge is 2.17. The summed E-state index contributed by atoms with van der Waals surface area (Å²) in [7, 11) is 0. The third kappa shape index (κ3) is 3.95. The average Bonchev–Trinajstić information content (AvgIpc) is 2.46. The fourth-order valence-corrected chi connectivity index (χ4v) is 2.79. The van der Waals surface area contributed by atoms with Crippen LogP contribution in [-0.4, -0.2) is 11.9 Å². The van der Waals surface area contributed by atoms with Gasteiger partial charge in [0.05, 0.1) is 0 Å². The second-order valence-electron chi connectivity index (χ2n) is 5.20. The van der Waals surface area contributed by atoms with Gasteiger partial charge in [0, 0.05) is 6.08 Å². The van der Waals surface area contributed by atoms with Crippen molar-refractivity contribution in [3.63, 3.8) is 0 Å². The molecule has 0 spiro atoms. The zero-order chi connectivity index (χ0) is 14.4. The van der Waals surface area contributed by atoms with E-state index in [0.29, 0.717) is 5.92 Å². The van der Waals surface area contributed by atoms with E-state index < -0.39 is 0 Å². The van der Waals surface area contributed by atoms with Gasteiger partial charge in [0.1, 0.15) is 0 Å². The van der Waals surface area contributed by atoms with Gasteiger partial charge >= 0.3 is 0 Å². The number of benzene rings is 1. The highest BCUT2D eigenvalue weighted by atomic mass is 16.1. The maximum Gasteiger partial charge on any atom is 0.250 e. The molecule has 1 aromatic carbocycles. The van der Waals surface area contributed by atoms with Crippen molar-refractivity contribution < 1.29 is 4.79 Å². The molecule has 1 aromatic rings. The molecule has 0 heterocycles. The molecule has 1 amide bonds. The Labute approximate surface area is 119 Å². The predicted molar refractivity (Wildman–Crippen MR) is 81.4 cm³/mol. The Balaban J connectivity index is 2.13. The van der Waals surface area contributed by atoms with E-state index in [0.717, 1.165) is 5.56 Å². The number of guanidine groups is 1. The largest absolute Gasteiger partial charge is 0.370 e. The van der Waals surface area contributed by atoms with Crippen LogP contribution in [-0.2, 0) is 4.79 Å². The van der Waals surface area contributed by atoms with Crippen LogP contribution in [0.5, 0.6) is 0 Å². The second-order valence-corrected chi connectivity index (χ2v) is 5.20. The van der Waals surface area contributed by atoms with Crippen LogP contribution < -0.4 is 11.1 Å². The van der Waals surface area contributed by atoms with Gasteiger partial charge in [-0.25, -0.2) is 0 Å². The molecule has 1 fully saturated rings. The molecule has 1 aliphatic rings. The van der Waals surface area contributed by atoms with Gasteiger partial charge < -0.3 is 5.73 Å². The van der Waals surface area contributed by atoms with Crippen molar-refractivity contribution in [2.75, 3.05) is 0 Å². The monoisotopic (exact) mass is 271 g/mol. The summed E-state index contributed by atoms with van der Waals surface area (Å²) in [6.45, 7) is 0. The fourth-order valence-electron chi connectivity index (χ4n) is 2.79. The summed E-state index contributed by atoms with van der Waals surface area (Å²) in [5.74, 6) is -0.100. The van der Waals surface area contributed by atoms with Gasteiger partial charge in [-0.05, 0) is 36.0 Å². The third-order valence-corrected chi connectivity index (χ3v) is 3.71. The molecule has 0 atom stereocenters. The van der Waals surface area contributed by atoms with E-state index in [1.807, 2.05) is 18.2 Å². The maximum atomic E-state index is 11.5. The Bertz CT molecular complexity index is 516. The molecule has 4 heteroatoms. The minimum absolute atomic E-state index is 0.333. The lowest BCUT2D eigenvalue weighted by atomic mass is 9.82. The Morgan fingerprint density at radius 3 is 2.65 bits per heavy atom. The number of carbonyl (C=O) groups excluding carboxylic acids is 1. The molecule has 4 N–H and O–H groups in total. The summed E-state index contributed by atoms with van der Waals surface area (Å²) in [5.41, 5.74) is 7.53. The summed E-state index contributed by atoms with van der Waals surface area (Å²) < 4.78 is 0. The van der Waals surface area contributed by atoms with Gasteiger partial charge in [0.2, 0.25) is 0 Å². The van der Waals surface area contributed by atoms with Gasteiger partial charge in [-0.3, -0.25) is 15.5 Å². The topological polar surface area (TPSA) is 79.0 Å². The molecule has 0 saturated heterocycles. The van der Waals surface area contributed by atoms with Crippen LogP contribution in [0.15, 0.2) is 30.3 Å². The van der Waals surface area contributed by atoms with Crippen LogP contribution in [0.25, 0.3) is 6.08 Å². The number of nitrogens with one attached hydrogen (secondary N) is 2. The van der Waals surface area contributed by atoms with E-state index in [1.54, 1.807) is 0 Å². The Morgan fingerprint density at radius 2 is 1.95 bits per heavy atom. The fraction of sp³-hybridized carbons (Fsp3) is 0.375. The van der Waals surface area contributed by atoms with E-state index in [9.17, 15) is 4.79 Å². The smallest absolute Gasteiger partial charge is 0.250 e. The molecule has 2 rings (SSSR count). The summed E-state index contributed by atoms with van der Waals surface area (Å²) in [4.78, 5) is 11.5. The molecule has 0 aromatic heterocycles. The van der Waals surface area contributed by atoms with Crippen molar-refractivity contribution in [1.82, 2.24) is 5.32 Å². The Morgan fingerprint density at radius 1 is 1.25 bits per heavy atom. The summed E-state index contributed by atoms with van der Waals surface area (Å²) in [6, 6.07) is 8.21. The molecule has 20 heavy (non-hydrogen) atoms. The van der Waals surface area contributed by atoms with Crippen molar-refractivity contribution in [3.8, 4) is 0 Å². The normalized spacial score (nSPS) is 16.2. The highest BCUT2D eigenvalue weighted by Crippen LogP contribution is 2.34. The lowest BCUT2D eigenvalue weighted by Gasteiger charge is -2.23. The first-order chi connectivity index (χ1) is 9.66. The van der Waals surface area contributed by atoms with Crippen molar-refractivity contribution in [3.05, 3.63) is 41.5 Å². The van der Waals surface area contributed by atoms with Crippen LogP contribution in [0.3, 0.4) is 0 Å². The number of hydrogen-bond acceptors (Lipinski definition) is 2. The van der Waals surface area contributed by atoms with Crippen LogP contribution in [0.4, 0.5) is 0 Å². The molecule has 0 unspecified atom stereocenters. The Hall–Kier alpha value is -2.10. The van der Waals surface area contributed by atoms with E-state index in [2.05, 4.69) is 17.4 Å². The van der Waals surface area contributed by atoms with E-state index in [-0.39, 0.29) is 11.9 Å². The number of amides is 1. The van der Waals surface area contributed by atoms with Crippen molar-refractivity contribution in [2.45, 2.75) is 38.0 Å². The predicted octanol–water partition coefficient (Wildman–Crippen LogP) is 2.76. The van der Waals surface area contributed by atoms with Gasteiger partial charge in [-0.1, -0.05) is 43.5 Å². The van der Waals surface area contributed by atoms with Crippen LogP contribution in [0.2, 0.25) is 0 Å². The maximum absolute atomic E-state index is 11.5. The summed E-state index contributed by atoms with van der Waals surface area (Å²) in [5, 5.41) is 9.27. The molecule has 1 saturated carbocycles. The second kappa shape index (κ2) is 6.89. The number of rotatable bonds is 3. The van der Waals surface area contributed by atoms with Crippen molar-refractivity contribution in [2.24, 2.45) is 5.73 Å². The third-order valence-electron chi connectivity index (χ3n) is 3.71. The molecule has 4 nitrogen and oxygen atoms in total. The molecular weight excluding hydrogens is 250 g/mol. The lowest BCUT2D eigenvalue weighted by molar-refractivity contribution is -0.115. The van der Waals surface area contributed by atoms with E-state index >= 15 is 0 Å². The summed E-state index contributed by atoms with van der Waals surface area (Å²) >= 11 is 0. The number of hydrogen-bond donors (Lipinski definition) is 3. The molecule has 106 valence electrons. The first-order valence-corrected chi connectivity index (χ1v) is 7.09. The van der Waals surface area contributed by atoms with E-state index in [4.69, 9.17) is 11.1 Å². The SMILES string of the molecule is N=C(N)NC(=O)/C=C/c1ccccc1C1CCCCC1. The van der Waals surface area contributed by atoms with Crippen molar-refractivity contribution >= 4 is 17.9 Å². The standard InChI is InChI=1S/C16H21N3O/c17-16(18)19-15(20)11-10-13-8-4-5-9-14(13)12-6-2-1-3-7-12/h4-5,8-12H,1-3,6-7H2,(H4,17,18,19,20)/b11-10+. The molecule has 1 aliphatic carbocycles. The average molecular weight is 271 g/mol. The van der Waals surface area contributed by atoms with Crippen LogP contribution >= 0.6 is 0 Å². The first kappa shape index (κ1) is 14.3. The van der Waals surface area contributed by atoms with Gasteiger partial charge in [-0.15, -0.1) is 0 Å². The molecule has 0 aliphatic heterocycles. The minimum atomic E-state index is -0.365. The van der Waals surface area contributed by atoms with Gasteiger partial charge in [-0.2, -0.15) is 0 Å². The lowest BCUT2D eigenvalue weighted by Crippen LogP contribution is -2.34.